The summed E-state index contributed by atoms with van der Waals surface area (Å²) in [6.45, 7) is 3.85. The largest absolute Gasteiger partial charge is 0.353 e. The number of nitrogens with zero attached hydrogens (tertiary/aromatic N) is 1. The van der Waals surface area contributed by atoms with Crippen LogP contribution in [-0.4, -0.2) is 30.8 Å². The predicted molar refractivity (Wildman–Crippen MR) is 79.9 cm³/mol. The van der Waals surface area contributed by atoms with E-state index in [0.29, 0.717) is 17.9 Å². The molecule has 2 rings (SSSR count). The third-order valence-electron chi connectivity index (χ3n) is 3.08. The van der Waals surface area contributed by atoms with Gasteiger partial charge in [0.25, 0.3) is 0 Å². The van der Waals surface area contributed by atoms with Crippen LogP contribution in [0.25, 0.3) is 0 Å². The number of hydrogen-bond donors (Lipinski definition) is 2. The van der Waals surface area contributed by atoms with Gasteiger partial charge in [0.15, 0.2) is 0 Å². The highest BCUT2D eigenvalue weighted by Gasteiger charge is 2.26. The number of fused-ring (bicyclic) bond motifs is 1. The standard InChI is InChI=1S/C15H17N3O3/c1-2-9-16-13(19)7-8-15(21)18-10-14(20)17-11-5-3-4-6-12(11)18/h2-6H,1,7-10H2,(H,16,19)(H,17,20). The first-order chi connectivity index (χ1) is 10.1. The van der Waals surface area contributed by atoms with Crippen molar-refractivity contribution in [3.63, 3.8) is 0 Å². The molecule has 21 heavy (non-hydrogen) atoms. The summed E-state index contributed by atoms with van der Waals surface area (Å²) in [5.41, 5.74) is 1.27. The van der Waals surface area contributed by atoms with Crippen LogP contribution in [0.2, 0.25) is 0 Å². The fourth-order valence-corrected chi connectivity index (χ4v) is 2.09. The van der Waals surface area contributed by atoms with Crippen LogP contribution in [-0.2, 0) is 14.4 Å². The summed E-state index contributed by atoms with van der Waals surface area (Å²) in [5.74, 6) is -0.692. The van der Waals surface area contributed by atoms with Gasteiger partial charge in [0.05, 0.1) is 11.4 Å². The first-order valence-electron chi connectivity index (χ1n) is 6.68. The number of carbonyl (C=O) groups excluding carboxylic acids is 3. The summed E-state index contributed by atoms with van der Waals surface area (Å²) < 4.78 is 0. The van der Waals surface area contributed by atoms with Gasteiger partial charge in [0, 0.05) is 19.4 Å². The van der Waals surface area contributed by atoms with Crippen LogP contribution in [0.1, 0.15) is 12.8 Å². The van der Waals surface area contributed by atoms with E-state index in [1.807, 2.05) is 0 Å². The summed E-state index contributed by atoms with van der Waals surface area (Å²) in [4.78, 5) is 36.8. The zero-order valence-electron chi connectivity index (χ0n) is 11.6. The number of benzene rings is 1. The minimum Gasteiger partial charge on any atom is -0.353 e. The predicted octanol–water partition coefficient (Wildman–Crippen LogP) is 1.05. The number of nitrogens with one attached hydrogen (secondary N) is 2. The third-order valence-corrected chi connectivity index (χ3v) is 3.08. The Balaban J connectivity index is 2.01. The minimum absolute atomic E-state index is 0.0237. The van der Waals surface area contributed by atoms with E-state index in [4.69, 9.17) is 0 Å². The van der Waals surface area contributed by atoms with Gasteiger partial charge in [-0.15, -0.1) is 6.58 Å². The maximum atomic E-state index is 12.2. The average molecular weight is 287 g/mol. The molecule has 2 N–H and O–H groups in total. The molecule has 110 valence electrons. The Hall–Kier alpha value is -2.63. The lowest BCUT2D eigenvalue weighted by Crippen LogP contribution is -2.42. The van der Waals surface area contributed by atoms with E-state index in [1.54, 1.807) is 30.3 Å². The molecule has 3 amide bonds. The molecule has 6 nitrogen and oxygen atoms in total. The molecule has 0 aliphatic carbocycles. The summed E-state index contributed by atoms with van der Waals surface area (Å²) in [7, 11) is 0. The van der Waals surface area contributed by atoms with Crippen molar-refractivity contribution in [1.29, 1.82) is 0 Å². The second-order valence-corrected chi connectivity index (χ2v) is 4.64. The van der Waals surface area contributed by atoms with Crippen molar-refractivity contribution in [3.8, 4) is 0 Å². The summed E-state index contributed by atoms with van der Waals surface area (Å²) in [5, 5.41) is 5.33. The van der Waals surface area contributed by atoms with Crippen molar-refractivity contribution < 1.29 is 14.4 Å². The molecule has 1 aliphatic heterocycles. The second-order valence-electron chi connectivity index (χ2n) is 4.64. The van der Waals surface area contributed by atoms with Gasteiger partial charge in [-0.2, -0.15) is 0 Å². The number of anilines is 2. The lowest BCUT2D eigenvalue weighted by Gasteiger charge is -2.29. The summed E-state index contributed by atoms with van der Waals surface area (Å²) in [6.07, 6.45) is 1.72. The highest BCUT2D eigenvalue weighted by Crippen LogP contribution is 2.29. The maximum absolute atomic E-state index is 12.2. The van der Waals surface area contributed by atoms with Gasteiger partial charge in [-0.25, -0.2) is 0 Å². The molecule has 0 saturated heterocycles. The average Bonchev–Trinajstić information content (AvgIpc) is 2.49. The van der Waals surface area contributed by atoms with Gasteiger partial charge in [-0.05, 0) is 12.1 Å². The molecule has 1 aromatic carbocycles. The van der Waals surface area contributed by atoms with Crippen molar-refractivity contribution >= 4 is 29.1 Å². The van der Waals surface area contributed by atoms with Crippen LogP contribution in [0.3, 0.4) is 0 Å². The second kappa shape index (κ2) is 6.69. The third kappa shape index (κ3) is 3.68. The monoisotopic (exact) mass is 287 g/mol. The van der Waals surface area contributed by atoms with Crippen molar-refractivity contribution in [2.75, 3.05) is 23.3 Å². The number of amides is 3. The van der Waals surface area contributed by atoms with E-state index in [9.17, 15) is 14.4 Å². The molecule has 0 unspecified atom stereocenters. The van der Waals surface area contributed by atoms with Gasteiger partial charge >= 0.3 is 0 Å². The molecule has 0 aromatic heterocycles. The van der Waals surface area contributed by atoms with Crippen molar-refractivity contribution in [1.82, 2.24) is 5.32 Å². The van der Waals surface area contributed by atoms with E-state index in [-0.39, 0.29) is 37.1 Å². The van der Waals surface area contributed by atoms with Gasteiger partial charge in [0.1, 0.15) is 6.54 Å². The zero-order chi connectivity index (χ0) is 15.2. The Morgan fingerprint density at radius 2 is 2.10 bits per heavy atom. The van der Waals surface area contributed by atoms with E-state index in [0.717, 1.165) is 0 Å². The molecule has 0 radical (unpaired) electrons. The number of para-hydroxylation sites is 2. The number of rotatable bonds is 5. The molecule has 6 heteroatoms. The van der Waals surface area contributed by atoms with Crippen LogP contribution in [0.5, 0.6) is 0 Å². The summed E-state index contributed by atoms with van der Waals surface area (Å²) in [6, 6.07) is 7.09. The van der Waals surface area contributed by atoms with E-state index in [1.165, 1.54) is 4.90 Å². The van der Waals surface area contributed by atoms with E-state index < -0.39 is 0 Å². The quantitative estimate of drug-likeness (QED) is 0.795. The first kappa shape index (κ1) is 14.8. The molecule has 1 aliphatic rings. The fourth-order valence-electron chi connectivity index (χ4n) is 2.09. The van der Waals surface area contributed by atoms with Gasteiger partial charge in [-0.3, -0.25) is 14.4 Å². The molecular formula is C15H17N3O3. The molecule has 0 atom stereocenters. The van der Waals surface area contributed by atoms with Gasteiger partial charge in [0.2, 0.25) is 17.7 Å². The van der Waals surface area contributed by atoms with Gasteiger partial charge < -0.3 is 15.5 Å². The van der Waals surface area contributed by atoms with Crippen molar-refractivity contribution in [2.24, 2.45) is 0 Å². The van der Waals surface area contributed by atoms with Crippen LogP contribution in [0.4, 0.5) is 11.4 Å². The summed E-state index contributed by atoms with van der Waals surface area (Å²) >= 11 is 0. The van der Waals surface area contributed by atoms with E-state index >= 15 is 0 Å². The Morgan fingerprint density at radius 3 is 2.86 bits per heavy atom. The Kier molecular flexibility index (Phi) is 4.71. The highest BCUT2D eigenvalue weighted by atomic mass is 16.2. The molecular weight excluding hydrogens is 270 g/mol. The molecule has 1 heterocycles. The van der Waals surface area contributed by atoms with E-state index in [2.05, 4.69) is 17.2 Å². The Morgan fingerprint density at radius 1 is 1.33 bits per heavy atom. The zero-order valence-corrected chi connectivity index (χ0v) is 11.6. The molecule has 0 bridgehead atoms. The minimum atomic E-state index is -0.244. The Labute approximate surface area is 122 Å². The molecule has 0 saturated carbocycles. The van der Waals surface area contributed by atoms with Gasteiger partial charge in [-0.1, -0.05) is 18.2 Å². The fraction of sp³-hybridized carbons (Fsp3) is 0.267. The van der Waals surface area contributed by atoms with Crippen molar-refractivity contribution in [3.05, 3.63) is 36.9 Å². The van der Waals surface area contributed by atoms with Crippen LogP contribution < -0.4 is 15.5 Å². The van der Waals surface area contributed by atoms with Crippen LogP contribution in [0.15, 0.2) is 36.9 Å². The lowest BCUT2D eigenvalue weighted by molar-refractivity contribution is -0.125. The Bertz CT molecular complexity index is 583. The molecule has 0 spiro atoms. The topological polar surface area (TPSA) is 78.5 Å². The maximum Gasteiger partial charge on any atom is 0.244 e. The smallest absolute Gasteiger partial charge is 0.244 e. The molecule has 1 aromatic rings. The first-order valence-corrected chi connectivity index (χ1v) is 6.68. The van der Waals surface area contributed by atoms with Crippen LogP contribution in [0, 0.1) is 0 Å². The number of carbonyl (C=O) groups is 3. The van der Waals surface area contributed by atoms with Crippen LogP contribution >= 0.6 is 0 Å². The number of hydrogen-bond acceptors (Lipinski definition) is 3. The SMILES string of the molecule is C=CCNC(=O)CCC(=O)N1CC(=O)Nc2ccccc21. The normalized spacial score (nSPS) is 13.1. The van der Waals surface area contributed by atoms with Crippen molar-refractivity contribution in [2.45, 2.75) is 12.8 Å². The highest BCUT2D eigenvalue weighted by molar-refractivity contribution is 6.10. The lowest BCUT2D eigenvalue weighted by atomic mass is 10.1. The molecule has 0 fully saturated rings.